The molecule has 0 spiro atoms. The number of rotatable bonds is 8. The maximum atomic E-state index is 10.3. The van der Waals surface area contributed by atoms with Gasteiger partial charge in [-0.2, -0.15) is 0 Å². The second-order valence-corrected chi connectivity index (χ2v) is 10.3. The topological polar surface area (TPSA) is 41.9 Å². The number of β-amino-alcohol motifs (C(OH)–C–C–N with tert-alkyl or cyclic N) is 1. The first kappa shape index (κ1) is 19.2. The average molecular weight is 366 g/mol. The predicted molar refractivity (Wildman–Crippen MR) is 103 cm³/mol. The molecular weight excluding hydrogens is 326 g/mol. The fourth-order valence-electron chi connectivity index (χ4n) is 7.04. The van der Waals surface area contributed by atoms with Crippen LogP contribution < -0.4 is 0 Å². The number of hydrogen-bond acceptors (Lipinski definition) is 4. The van der Waals surface area contributed by atoms with Gasteiger partial charge >= 0.3 is 0 Å². The first-order chi connectivity index (χ1) is 12.5. The Morgan fingerprint density at radius 3 is 2.08 bits per heavy atom. The summed E-state index contributed by atoms with van der Waals surface area (Å²) in [6, 6.07) is 0. The average Bonchev–Trinajstić information content (AvgIpc) is 2.52. The van der Waals surface area contributed by atoms with Crippen molar-refractivity contribution in [1.82, 2.24) is 4.90 Å². The van der Waals surface area contributed by atoms with E-state index in [0.717, 1.165) is 49.2 Å². The number of likely N-dealkylation sites (tertiary alicyclic amines) is 1. The summed E-state index contributed by atoms with van der Waals surface area (Å²) in [6.07, 6.45) is 9.15. The smallest absolute Gasteiger partial charge is 0.0900 e. The van der Waals surface area contributed by atoms with Crippen molar-refractivity contribution in [3.63, 3.8) is 0 Å². The van der Waals surface area contributed by atoms with Gasteiger partial charge in [-0.1, -0.05) is 13.8 Å². The maximum absolute atomic E-state index is 10.3. The summed E-state index contributed by atoms with van der Waals surface area (Å²) >= 11 is 0. The van der Waals surface area contributed by atoms with Crippen LogP contribution in [0.5, 0.6) is 0 Å². The van der Waals surface area contributed by atoms with Gasteiger partial charge in [0.1, 0.15) is 0 Å². The molecule has 0 aromatic heterocycles. The fourth-order valence-corrected chi connectivity index (χ4v) is 7.04. The molecule has 4 nitrogen and oxygen atoms in total. The second kappa shape index (κ2) is 8.06. The standard InChI is InChI=1S/C22H39NO3/c1-16-5-17(2)13-23(12-16)14-21(24)15-25-3-4-26-22-9-18-6-19(10-22)8-20(7-18)11-22/h16-21,24H,3-15H2,1-2H3/t16-,17+,18?,19?,20?,21-,22?/m0/s1. The molecule has 1 heterocycles. The molecule has 26 heavy (non-hydrogen) atoms. The van der Waals surface area contributed by atoms with E-state index in [4.69, 9.17) is 9.47 Å². The molecule has 4 bridgehead atoms. The van der Waals surface area contributed by atoms with Gasteiger partial charge in [0, 0.05) is 19.6 Å². The molecule has 150 valence electrons. The summed E-state index contributed by atoms with van der Waals surface area (Å²) in [5, 5.41) is 10.3. The number of nitrogens with zero attached hydrogens (tertiary/aromatic N) is 1. The third-order valence-corrected chi connectivity index (χ3v) is 7.34. The minimum absolute atomic E-state index is 0.177. The van der Waals surface area contributed by atoms with Crippen LogP contribution >= 0.6 is 0 Å². The molecule has 5 rings (SSSR count). The SMILES string of the molecule is C[C@@H]1C[C@H](C)CN(C[C@H](O)COCCOC23CC4CC(CC(C4)C2)C3)C1. The van der Waals surface area contributed by atoms with Gasteiger partial charge in [0.15, 0.2) is 0 Å². The molecule has 0 aromatic carbocycles. The number of hydrogen-bond donors (Lipinski definition) is 1. The lowest BCUT2D eigenvalue weighted by Crippen LogP contribution is -2.52. The third-order valence-electron chi connectivity index (χ3n) is 7.34. The predicted octanol–water partition coefficient (Wildman–Crippen LogP) is 3.33. The van der Waals surface area contributed by atoms with Crippen LogP contribution in [0.4, 0.5) is 0 Å². The van der Waals surface area contributed by atoms with Gasteiger partial charge in [-0.25, -0.2) is 0 Å². The van der Waals surface area contributed by atoms with Crippen molar-refractivity contribution < 1.29 is 14.6 Å². The number of piperidine rings is 1. The zero-order valence-corrected chi connectivity index (χ0v) is 16.9. The van der Waals surface area contributed by atoms with Crippen LogP contribution in [-0.2, 0) is 9.47 Å². The molecule has 0 unspecified atom stereocenters. The highest BCUT2D eigenvalue weighted by molar-refractivity contribution is 5.03. The van der Waals surface area contributed by atoms with E-state index < -0.39 is 0 Å². The van der Waals surface area contributed by atoms with Crippen LogP contribution in [0.1, 0.15) is 58.8 Å². The van der Waals surface area contributed by atoms with Crippen molar-refractivity contribution in [3.05, 3.63) is 0 Å². The molecular formula is C22H39NO3. The quantitative estimate of drug-likeness (QED) is 0.670. The van der Waals surface area contributed by atoms with E-state index in [2.05, 4.69) is 18.7 Å². The summed E-state index contributed by atoms with van der Waals surface area (Å²) in [6.45, 7) is 9.32. The molecule has 0 amide bonds. The third kappa shape index (κ3) is 4.63. The zero-order valence-electron chi connectivity index (χ0n) is 16.9. The van der Waals surface area contributed by atoms with E-state index >= 15 is 0 Å². The molecule has 0 radical (unpaired) electrons. The van der Waals surface area contributed by atoms with E-state index in [1.54, 1.807) is 0 Å². The fraction of sp³-hybridized carbons (Fsp3) is 1.00. The van der Waals surface area contributed by atoms with Gasteiger partial charge in [0.05, 0.1) is 31.5 Å². The van der Waals surface area contributed by atoms with Gasteiger partial charge in [-0.05, 0) is 74.5 Å². The lowest BCUT2D eigenvalue weighted by molar-refractivity contribution is -0.170. The summed E-state index contributed by atoms with van der Waals surface area (Å²) in [5.41, 5.74) is 0.177. The van der Waals surface area contributed by atoms with Gasteiger partial charge in [0.25, 0.3) is 0 Å². The van der Waals surface area contributed by atoms with E-state index in [0.29, 0.717) is 19.8 Å². The molecule has 5 aliphatic rings. The van der Waals surface area contributed by atoms with E-state index in [-0.39, 0.29) is 11.7 Å². The Balaban J connectivity index is 1.11. The number of ether oxygens (including phenoxy) is 2. The molecule has 4 heteroatoms. The van der Waals surface area contributed by atoms with E-state index in [1.807, 2.05) is 0 Å². The van der Waals surface area contributed by atoms with Gasteiger partial charge in [-0.3, -0.25) is 0 Å². The lowest BCUT2D eigenvalue weighted by atomic mass is 9.54. The van der Waals surface area contributed by atoms with Crippen LogP contribution in [0.25, 0.3) is 0 Å². The van der Waals surface area contributed by atoms with Crippen molar-refractivity contribution in [2.24, 2.45) is 29.6 Å². The normalized spacial score (nSPS) is 43.7. The van der Waals surface area contributed by atoms with Crippen LogP contribution in [0.2, 0.25) is 0 Å². The molecule has 5 fully saturated rings. The summed E-state index contributed by atoms with van der Waals surface area (Å²) in [5.74, 6) is 4.26. The minimum Gasteiger partial charge on any atom is -0.389 e. The Kier molecular flexibility index (Phi) is 5.95. The zero-order chi connectivity index (χ0) is 18.1. The van der Waals surface area contributed by atoms with Crippen molar-refractivity contribution >= 4 is 0 Å². The van der Waals surface area contributed by atoms with Crippen molar-refractivity contribution in [3.8, 4) is 0 Å². The van der Waals surface area contributed by atoms with E-state index in [1.165, 1.54) is 44.9 Å². The van der Waals surface area contributed by atoms with Crippen molar-refractivity contribution in [2.45, 2.75) is 70.5 Å². The molecule has 1 N–H and O–H groups in total. The molecule has 0 aromatic rings. The Morgan fingerprint density at radius 2 is 1.50 bits per heavy atom. The lowest BCUT2D eigenvalue weighted by Gasteiger charge is -2.56. The Hall–Kier alpha value is -0.160. The van der Waals surface area contributed by atoms with Crippen LogP contribution in [0.3, 0.4) is 0 Å². The summed E-state index contributed by atoms with van der Waals surface area (Å²) in [4.78, 5) is 2.40. The molecule has 4 saturated carbocycles. The van der Waals surface area contributed by atoms with Crippen molar-refractivity contribution in [1.29, 1.82) is 0 Å². The maximum Gasteiger partial charge on any atom is 0.0900 e. The number of aliphatic hydroxyl groups is 1. The van der Waals surface area contributed by atoms with Gasteiger partial charge in [0.2, 0.25) is 0 Å². The van der Waals surface area contributed by atoms with Crippen LogP contribution in [-0.4, -0.2) is 61.2 Å². The largest absolute Gasteiger partial charge is 0.389 e. The molecule has 4 aliphatic carbocycles. The molecule has 3 atom stereocenters. The highest BCUT2D eigenvalue weighted by atomic mass is 16.5. The minimum atomic E-state index is -0.382. The van der Waals surface area contributed by atoms with Gasteiger partial charge in [-0.15, -0.1) is 0 Å². The summed E-state index contributed by atoms with van der Waals surface area (Å²) in [7, 11) is 0. The Labute approximate surface area is 159 Å². The Morgan fingerprint density at radius 1 is 0.923 bits per heavy atom. The number of aliphatic hydroxyl groups excluding tert-OH is 1. The first-order valence-electron chi connectivity index (χ1n) is 11.1. The highest BCUT2D eigenvalue weighted by Crippen LogP contribution is 2.57. The molecule has 1 saturated heterocycles. The van der Waals surface area contributed by atoms with E-state index in [9.17, 15) is 5.11 Å². The second-order valence-electron chi connectivity index (χ2n) is 10.3. The van der Waals surface area contributed by atoms with Crippen LogP contribution in [0.15, 0.2) is 0 Å². The molecule has 1 aliphatic heterocycles. The highest BCUT2D eigenvalue weighted by Gasteiger charge is 2.51. The summed E-state index contributed by atoms with van der Waals surface area (Å²) < 4.78 is 12.1. The van der Waals surface area contributed by atoms with Gasteiger partial charge < -0.3 is 19.5 Å². The Bertz CT molecular complexity index is 423. The monoisotopic (exact) mass is 365 g/mol. The first-order valence-corrected chi connectivity index (χ1v) is 11.1. The van der Waals surface area contributed by atoms with Crippen molar-refractivity contribution in [2.75, 3.05) is 39.5 Å². The van der Waals surface area contributed by atoms with Crippen LogP contribution in [0, 0.1) is 29.6 Å².